The quantitative estimate of drug-likeness (QED) is 0.496. The van der Waals surface area contributed by atoms with Crippen molar-refractivity contribution in [3.05, 3.63) is 51.7 Å². The number of hydrogen-bond acceptors (Lipinski definition) is 8. The first kappa shape index (κ1) is 24.3. The second-order valence-corrected chi connectivity index (χ2v) is 8.25. The Morgan fingerprint density at radius 1 is 1.27 bits per heavy atom. The van der Waals surface area contributed by atoms with E-state index in [1.165, 1.54) is 12.3 Å². The van der Waals surface area contributed by atoms with Crippen molar-refractivity contribution < 1.29 is 32.7 Å². The van der Waals surface area contributed by atoms with Crippen LogP contribution < -0.4 is 10.1 Å². The average Bonchev–Trinajstić information content (AvgIpc) is 2.71. The van der Waals surface area contributed by atoms with Gasteiger partial charge in [-0.25, -0.2) is 18.6 Å². The minimum atomic E-state index is -1.24. The third kappa shape index (κ3) is 6.56. The Balaban J connectivity index is 1.96. The molecule has 1 aliphatic rings. The van der Waals surface area contributed by atoms with Gasteiger partial charge in [0, 0.05) is 25.8 Å². The number of nitrogens with one attached hydrogen (secondary N) is 1. The molecule has 33 heavy (non-hydrogen) atoms. The van der Waals surface area contributed by atoms with Gasteiger partial charge in [0.05, 0.1) is 35.8 Å². The highest BCUT2D eigenvalue weighted by Crippen LogP contribution is 2.35. The Labute approximate surface area is 188 Å². The Bertz CT molecular complexity index is 1010. The number of rotatable bonds is 6. The fraction of sp³-hybridized carbons (Fsp3) is 0.429. The summed E-state index contributed by atoms with van der Waals surface area (Å²) in [5.41, 5.74) is -1.15. The molecule has 1 saturated heterocycles. The van der Waals surface area contributed by atoms with Gasteiger partial charge in [-0.3, -0.25) is 20.3 Å². The van der Waals surface area contributed by atoms with E-state index in [0.717, 1.165) is 0 Å². The first-order valence-corrected chi connectivity index (χ1v) is 10.1. The highest BCUT2D eigenvalue weighted by Gasteiger charge is 2.24. The second-order valence-electron chi connectivity index (χ2n) is 8.25. The Morgan fingerprint density at radius 2 is 1.91 bits per heavy atom. The molecule has 1 aromatic carbocycles. The summed E-state index contributed by atoms with van der Waals surface area (Å²) in [6, 6.07) is 2.53. The molecule has 2 heterocycles. The van der Waals surface area contributed by atoms with Gasteiger partial charge < -0.3 is 14.2 Å². The van der Waals surface area contributed by atoms with Gasteiger partial charge in [-0.15, -0.1) is 0 Å². The summed E-state index contributed by atoms with van der Waals surface area (Å²) in [7, 11) is 0. The van der Waals surface area contributed by atoms with Crippen LogP contribution in [0.2, 0.25) is 0 Å². The van der Waals surface area contributed by atoms with Gasteiger partial charge in [0.25, 0.3) is 5.69 Å². The number of morpholine rings is 1. The highest BCUT2D eigenvalue weighted by atomic mass is 19.1. The van der Waals surface area contributed by atoms with Gasteiger partial charge in [0.2, 0.25) is 0 Å². The van der Waals surface area contributed by atoms with E-state index < -0.39 is 39.7 Å². The number of pyridine rings is 1. The summed E-state index contributed by atoms with van der Waals surface area (Å²) in [5, 5.41) is 13.4. The SMILES string of the molecule is CC(C)(C)OC(=O)Nc1nccc(Oc2c(F)cc([N+](=O)[O-])cc2F)c1CN1CCOCC1. The molecular weight excluding hydrogens is 442 g/mol. The largest absolute Gasteiger partial charge is 0.451 e. The zero-order valence-electron chi connectivity index (χ0n) is 18.4. The van der Waals surface area contributed by atoms with E-state index in [2.05, 4.69) is 10.3 Å². The maximum atomic E-state index is 14.4. The molecule has 0 radical (unpaired) electrons. The molecule has 2 aromatic rings. The molecule has 0 unspecified atom stereocenters. The number of amides is 1. The number of anilines is 1. The summed E-state index contributed by atoms with van der Waals surface area (Å²) in [6.45, 7) is 7.50. The number of halogens is 2. The zero-order chi connectivity index (χ0) is 24.2. The fourth-order valence-corrected chi connectivity index (χ4v) is 3.07. The van der Waals surface area contributed by atoms with E-state index in [1.54, 1.807) is 20.8 Å². The van der Waals surface area contributed by atoms with E-state index in [4.69, 9.17) is 14.2 Å². The van der Waals surface area contributed by atoms with Crippen molar-refractivity contribution in [2.24, 2.45) is 0 Å². The Kier molecular flexibility index (Phi) is 7.39. The van der Waals surface area contributed by atoms with Crippen molar-refractivity contribution in [3.63, 3.8) is 0 Å². The molecule has 178 valence electrons. The number of non-ortho nitro benzene ring substituents is 1. The number of nitro benzene ring substituents is 1. The molecule has 1 aliphatic heterocycles. The minimum absolute atomic E-state index is 0.0224. The lowest BCUT2D eigenvalue weighted by Gasteiger charge is -2.28. The molecule has 3 rings (SSSR count). The third-order valence-corrected chi connectivity index (χ3v) is 4.52. The normalized spacial score (nSPS) is 14.6. The minimum Gasteiger partial charge on any atom is -0.451 e. The van der Waals surface area contributed by atoms with Crippen LogP contribution in [0.3, 0.4) is 0 Å². The number of aromatic nitrogens is 1. The van der Waals surface area contributed by atoms with E-state index in [1.807, 2.05) is 4.90 Å². The van der Waals surface area contributed by atoms with Crippen LogP contribution in [0.25, 0.3) is 0 Å². The molecule has 1 fully saturated rings. The van der Waals surface area contributed by atoms with E-state index in [0.29, 0.717) is 44.0 Å². The lowest BCUT2D eigenvalue weighted by Crippen LogP contribution is -2.36. The molecule has 10 nitrogen and oxygen atoms in total. The van der Waals surface area contributed by atoms with E-state index >= 15 is 0 Å². The number of carbonyl (C=O) groups excluding carboxylic acids is 1. The summed E-state index contributed by atoms with van der Waals surface area (Å²) >= 11 is 0. The zero-order valence-corrected chi connectivity index (χ0v) is 18.4. The summed E-state index contributed by atoms with van der Waals surface area (Å²) < 4.78 is 45.0. The predicted octanol–water partition coefficient (Wildman–Crippen LogP) is 4.24. The molecule has 1 aromatic heterocycles. The molecule has 1 N–H and O–H groups in total. The van der Waals surface area contributed by atoms with Crippen molar-refractivity contribution in [2.75, 3.05) is 31.6 Å². The maximum Gasteiger partial charge on any atom is 0.413 e. The van der Waals surface area contributed by atoms with Crippen LogP contribution in [-0.4, -0.2) is 52.8 Å². The van der Waals surface area contributed by atoms with Crippen LogP contribution in [0.4, 0.5) is 25.1 Å². The number of hydrogen-bond donors (Lipinski definition) is 1. The molecule has 0 bridgehead atoms. The first-order chi connectivity index (χ1) is 15.5. The highest BCUT2D eigenvalue weighted by molar-refractivity contribution is 5.85. The van der Waals surface area contributed by atoms with Gasteiger partial charge >= 0.3 is 6.09 Å². The lowest BCUT2D eigenvalue weighted by atomic mass is 10.2. The van der Waals surface area contributed by atoms with Gasteiger partial charge in [0.1, 0.15) is 17.2 Å². The third-order valence-electron chi connectivity index (χ3n) is 4.52. The lowest BCUT2D eigenvalue weighted by molar-refractivity contribution is -0.385. The standard InChI is InChI=1S/C21H24F2N4O6/c1-21(2,3)33-20(28)25-19-14(12-26-6-8-31-9-7-26)17(4-5-24-19)32-18-15(22)10-13(27(29)30)11-16(18)23/h4-5,10-11H,6-9,12H2,1-3H3,(H,24,25,28). The van der Waals surface area contributed by atoms with Gasteiger partial charge in [-0.05, 0) is 26.8 Å². The molecular formula is C21H24F2N4O6. The van der Waals surface area contributed by atoms with E-state index in [-0.39, 0.29) is 18.1 Å². The second kappa shape index (κ2) is 10.0. The van der Waals surface area contributed by atoms with Crippen LogP contribution in [0.15, 0.2) is 24.4 Å². The van der Waals surface area contributed by atoms with Gasteiger partial charge in [0.15, 0.2) is 17.4 Å². The topological polar surface area (TPSA) is 116 Å². The maximum absolute atomic E-state index is 14.4. The van der Waals surface area contributed by atoms with Crippen molar-refractivity contribution >= 4 is 17.6 Å². The molecule has 0 spiro atoms. The van der Waals surface area contributed by atoms with Gasteiger partial charge in [-0.1, -0.05) is 0 Å². The summed E-state index contributed by atoms with van der Waals surface area (Å²) in [4.78, 5) is 28.4. The monoisotopic (exact) mass is 466 g/mol. The molecule has 0 atom stereocenters. The van der Waals surface area contributed by atoms with Crippen LogP contribution >= 0.6 is 0 Å². The van der Waals surface area contributed by atoms with Crippen molar-refractivity contribution in [1.82, 2.24) is 9.88 Å². The van der Waals surface area contributed by atoms with Crippen LogP contribution in [-0.2, 0) is 16.0 Å². The van der Waals surface area contributed by atoms with Crippen LogP contribution in [0.1, 0.15) is 26.3 Å². The van der Waals surface area contributed by atoms with Crippen LogP contribution in [0, 0.1) is 21.7 Å². The summed E-state index contributed by atoms with van der Waals surface area (Å²) in [6.07, 6.45) is 0.537. The number of benzene rings is 1. The van der Waals surface area contributed by atoms with Crippen LogP contribution in [0.5, 0.6) is 11.5 Å². The Hall–Kier alpha value is -3.38. The molecule has 12 heteroatoms. The summed E-state index contributed by atoms with van der Waals surface area (Å²) in [5.74, 6) is -3.17. The average molecular weight is 466 g/mol. The number of carbonyl (C=O) groups is 1. The fourth-order valence-electron chi connectivity index (χ4n) is 3.07. The van der Waals surface area contributed by atoms with Gasteiger partial charge in [-0.2, -0.15) is 0 Å². The van der Waals surface area contributed by atoms with Crippen molar-refractivity contribution in [1.29, 1.82) is 0 Å². The molecule has 0 aliphatic carbocycles. The smallest absolute Gasteiger partial charge is 0.413 e. The number of nitrogens with zero attached hydrogens (tertiary/aromatic N) is 3. The molecule has 1 amide bonds. The number of ether oxygens (including phenoxy) is 3. The Morgan fingerprint density at radius 3 is 2.48 bits per heavy atom. The van der Waals surface area contributed by atoms with E-state index in [9.17, 15) is 23.7 Å². The van der Waals surface area contributed by atoms with Crippen molar-refractivity contribution in [3.8, 4) is 11.5 Å². The predicted molar refractivity (Wildman–Crippen MR) is 113 cm³/mol. The number of nitro groups is 1. The van der Waals surface area contributed by atoms with Crippen molar-refractivity contribution in [2.45, 2.75) is 32.9 Å². The first-order valence-electron chi connectivity index (χ1n) is 10.1. The molecule has 0 saturated carbocycles.